The van der Waals surface area contributed by atoms with Gasteiger partial charge in [-0.1, -0.05) is 12.1 Å². The summed E-state index contributed by atoms with van der Waals surface area (Å²) in [7, 11) is 1.58. The molecule has 1 aliphatic heterocycles. The summed E-state index contributed by atoms with van der Waals surface area (Å²) in [5, 5.41) is 8.67. The van der Waals surface area contributed by atoms with E-state index in [1.165, 1.54) is 0 Å². The molecule has 1 fully saturated rings. The Hall–Kier alpha value is -2.08. The first kappa shape index (κ1) is 14.3. The molecule has 0 aliphatic carbocycles. The molecule has 0 saturated carbocycles. The molecule has 6 nitrogen and oxygen atoms in total. The van der Waals surface area contributed by atoms with Crippen molar-refractivity contribution in [3.63, 3.8) is 0 Å². The van der Waals surface area contributed by atoms with Crippen molar-refractivity contribution in [3.8, 4) is 5.75 Å². The van der Waals surface area contributed by atoms with Crippen LogP contribution in [-0.4, -0.2) is 55.2 Å². The minimum Gasteiger partial charge on any atom is -0.495 e. The van der Waals surface area contributed by atoms with Crippen LogP contribution in [0.1, 0.15) is 6.42 Å². The molecular formula is C14H18N2O4. The van der Waals surface area contributed by atoms with Gasteiger partial charge in [-0.05, 0) is 12.1 Å². The highest BCUT2D eigenvalue weighted by Crippen LogP contribution is 2.28. The van der Waals surface area contributed by atoms with Crippen molar-refractivity contribution in [2.24, 2.45) is 0 Å². The Morgan fingerprint density at radius 2 is 2.10 bits per heavy atom. The van der Waals surface area contributed by atoms with Crippen molar-refractivity contribution in [2.75, 3.05) is 38.2 Å². The molecule has 20 heavy (non-hydrogen) atoms. The lowest BCUT2D eigenvalue weighted by Crippen LogP contribution is -2.50. The average Bonchev–Trinajstić information content (AvgIpc) is 2.45. The molecule has 1 heterocycles. The Bertz CT molecular complexity index is 504. The van der Waals surface area contributed by atoms with Crippen molar-refractivity contribution in [2.45, 2.75) is 6.42 Å². The Labute approximate surface area is 117 Å². The maximum absolute atomic E-state index is 12.2. The molecule has 1 aliphatic rings. The van der Waals surface area contributed by atoms with Gasteiger partial charge in [-0.15, -0.1) is 0 Å². The summed E-state index contributed by atoms with van der Waals surface area (Å²) in [5.41, 5.74) is 0.762. The standard InChI is InChI=1S/C14H18N2O4/c1-20-12-5-3-2-4-11(12)16-9-8-15(10-13(16)17)7-6-14(18)19/h2-5H,6-10H2,1H3,(H,18,19). The minimum atomic E-state index is -0.843. The third-order valence-electron chi connectivity index (χ3n) is 3.32. The molecule has 6 heteroatoms. The number of aliphatic carboxylic acids is 1. The number of carbonyl (C=O) groups is 2. The molecule has 0 spiro atoms. The number of amides is 1. The van der Waals surface area contributed by atoms with Crippen LogP contribution < -0.4 is 9.64 Å². The van der Waals surface area contributed by atoms with Gasteiger partial charge < -0.3 is 14.7 Å². The monoisotopic (exact) mass is 278 g/mol. The van der Waals surface area contributed by atoms with Crippen LogP contribution in [-0.2, 0) is 9.59 Å². The molecule has 1 aromatic rings. The molecule has 2 rings (SSSR count). The third-order valence-corrected chi connectivity index (χ3v) is 3.32. The lowest BCUT2D eigenvalue weighted by Gasteiger charge is -2.34. The minimum absolute atomic E-state index is 0.0360. The van der Waals surface area contributed by atoms with Crippen molar-refractivity contribution >= 4 is 17.6 Å². The quantitative estimate of drug-likeness (QED) is 0.863. The van der Waals surface area contributed by atoms with Gasteiger partial charge in [0.2, 0.25) is 5.91 Å². The molecule has 0 bridgehead atoms. The van der Waals surface area contributed by atoms with E-state index >= 15 is 0 Å². The Morgan fingerprint density at radius 3 is 2.75 bits per heavy atom. The fraction of sp³-hybridized carbons (Fsp3) is 0.429. The molecule has 0 unspecified atom stereocenters. The van der Waals surface area contributed by atoms with E-state index < -0.39 is 5.97 Å². The zero-order valence-electron chi connectivity index (χ0n) is 11.4. The molecule has 0 aromatic heterocycles. The van der Waals surface area contributed by atoms with Gasteiger partial charge in [0.05, 0.1) is 25.8 Å². The van der Waals surface area contributed by atoms with E-state index in [0.29, 0.717) is 25.4 Å². The Kier molecular flexibility index (Phi) is 4.57. The molecule has 1 N–H and O–H groups in total. The highest BCUT2D eigenvalue weighted by atomic mass is 16.5. The molecule has 1 aromatic carbocycles. The van der Waals surface area contributed by atoms with Crippen LogP contribution in [0.2, 0.25) is 0 Å². The van der Waals surface area contributed by atoms with Gasteiger partial charge >= 0.3 is 5.97 Å². The summed E-state index contributed by atoms with van der Waals surface area (Å²) < 4.78 is 5.27. The second kappa shape index (κ2) is 6.38. The molecule has 0 radical (unpaired) electrons. The van der Waals surface area contributed by atoms with Gasteiger partial charge in [0.15, 0.2) is 0 Å². The maximum Gasteiger partial charge on any atom is 0.304 e. The number of ether oxygens (including phenoxy) is 1. The predicted molar refractivity (Wildman–Crippen MR) is 74.0 cm³/mol. The fourth-order valence-electron chi connectivity index (χ4n) is 2.27. The first-order valence-electron chi connectivity index (χ1n) is 6.49. The number of carbonyl (C=O) groups excluding carboxylic acids is 1. The Morgan fingerprint density at radius 1 is 1.35 bits per heavy atom. The smallest absolute Gasteiger partial charge is 0.304 e. The van der Waals surface area contributed by atoms with E-state index in [9.17, 15) is 9.59 Å². The summed E-state index contributed by atoms with van der Waals surface area (Å²) in [4.78, 5) is 26.3. The number of piperazine rings is 1. The lowest BCUT2D eigenvalue weighted by atomic mass is 10.2. The van der Waals surface area contributed by atoms with Gasteiger partial charge in [-0.2, -0.15) is 0 Å². The number of benzene rings is 1. The van der Waals surface area contributed by atoms with E-state index in [0.717, 1.165) is 5.69 Å². The van der Waals surface area contributed by atoms with E-state index in [4.69, 9.17) is 9.84 Å². The number of para-hydroxylation sites is 2. The van der Waals surface area contributed by atoms with Crippen LogP contribution in [0.15, 0.2) is 24.3 Å². The van der Waals surface area contributed by atoms with Gasteiger partial charge in [0.1, 0.15) is 5.75 Å². The summed E-state index contributed by atoms with van der Waals surface area (Å²) in [6, 6.07) is 7.39. The van der Waals surface area contributed by atoms with E-state index in [1.54, 1.807) is 12.0 Å². The summed E-state index contributed by atoms with van der Waals surface area (Å²) in [5.74, 6) is -0.212. The van der Waals surface area contributed by atoms with Crippen LogP contribution in [0.5, 0.6) is 5.75 Å². The first-order valence-corrected chi connectivity index (χ1v) is 6.49. The lowest BCUT2D eigenvalue weighted by molar-refractivity contribution is -0.137. The molecular weight excluding hydrogens is 260 g/mol. The number of carboxylic acids is 1. The topological polar surface area (TPSA) is 70.1 Å². The van der Waals surface area contributed by atoms with Gasteiger partial charge in [-0.3, -0.25) is 14.5 Å². The predicted octanol–water partition coefficient (Wildman–Crippen LogP) is 0.819. The molecule has 1 amide bonds. The molecule has 0 atom stereocenters. The normalized spacial score (nSPS) is 16.2. The van der Waals surface area contributed by atoms with Crippen LogP contribution in [0.4, 0.5) is 5.69 Å². The second-order valence-electron chi connectivity index (χ2n) is 4.64. The van der Waals surface area contributed by atoms with Crippen LogP contribution >= 0.6 is 0 Å². The van der Waals surface area contributed by atoms with Crippen LogP contribution in [0.3, 0.4) is 0 Å². The fourth-order valence-corrected chi connectivity index (χ4v) is 2.27. The number of hydrogen-bond acceptors (Lipinski definition) is 4. The number of hydrogen-bond donors (Lipinski definition) is 1. The largest absolute Gasteiger partial charge is 0.495 e. The van der Waals surface area contributed by atoms with Crippen molar-refractivity contribution in [1.29, 1.82) is 0 Å². The first-order chi connectivity index (χ1) is 9.61. The van der Waals surface area contributed by atoms with Crippen LogP contribution in [0.25, 0.3) is 0 Å². The number of carboxylic acid groups (broad SMARTS) is 1. The average molecular weight is 278 g/mol. The number of rotatable bonds is 5. The van der Waals surface area contributed by atoms with Gasteiger partial charge in [-0.25, -0.2) is 0 Å². The number of anilines is 1. The highest BCUT2D eigenvalue weighted by Gasteiger charge is 2.26. The SMILES string of the molecule is COc1ccccc1N1CCN(CCC(=O)O)CC1=O. The summed E-state index contributed by atoms with van der Waals surface area (Å²) in [6.07, 6.45) is 0.0575. The van der Waals surface area contributed by atoms with Crippen molar-refractivity contribution in [3.05, 3.63) is 24.3 Å². The highest BCUT2D eigenvalue weighted by molar-refractivity contribution is 5.96. The van der Waals surface area contributed by atoms with Gasteiger partial charge in [0, 0.05) is 19.6 Å². The van der Waals surface area contributed by atoms with Gasteiger partial charge in [0.25, 0.3) is 0 Å². The Balaban J connectivity index is 2.03. The van der Waals surface area contributed by atoms with E-state index in [-0.39, 0.29) is 18.9 Å². The zero-order chi connectivity index (χ0) is 14.5. The van der Waals surface area contributed by atoms with Crippen molar-refractivity contribution < 1.29 is 19.4 Å². The maximum atomic E-state index is 12.2. The van der Waals surface area contributed by atoms with E-state index in [1.807, 2.05) is 29.2 Å². The third kappa shape index (κ3) is 3.27. The zero-order valence-corrected chi connectivity index (χ0v) is 11.4. The summed E-state index contributed by atoms with van der Waals surface area (Å²) >= 11 is 0. The number of methoxy groups -OCH3 is 1. The van der Waals surface area contributed by atoms with Crippen LogP contribution in [0, 0.1) is 0 Å². The van der Waals surface area contributed by atoms with Crippen molar-refractivity contribution in [1.82, 2.24) is 4.90 Å². The molecule has 108 valence electrons. The number of nitrogens with zero attached hydrogens (tertiary/aromatic N) is 2. The molecule has 1 saturated heterocycles. The summed E-state index contributed by atoms with van der Waals surface area (Å²) in [6.45, 7) is 1.85. The second-order valence-corrected chi connectivity index (χ2v) is 4.64. The van der Waals surface area contributed by atoms with E-state index in [2.05, 4.69) is 0 Å².